The summed E-state index contributed by atoms with van der Waals surface area (Å²) < 4.78 is 13.1. The van der Waals surface area contributed by atoms with E-state index in [1.807, 2.05) is 4.90 Å². The topological polar surface area (TPSA) is 43.7 Å². The van der Waals surface area contributed by atoms with Gasteiger partial charge in [0.15, 0.2) is 0 Å². The third-order valence-corrected chi connectivity index (χ3v) is 2.94. The molecular weight excluding hydrogens is 209 g/mol. The molecule has 1 aliphatic heterocycles. The van der Waals surface area contributed by atoms with Gasteiger partial charge in [0.2, 0.25) is 0 Å². The number of benzene rings is 1. The molecule has 0 spiro atoms. The molecule has 1 saturated heterocycles. The van der Waals surface area contributed by atoms with E-state index in [0.29, 0.717) is 12.1 Å². The molecule has 1 aliphatic rings. The molecule has 4 heteroatoms. The SMILES string of the molecule is C[C@@H](O)c1cc(F)ccc1N1CCC(O)C1. The van der Waals surface area contributed by atoms with E-state index in [2.05, 4.69) is 0 Å². The number of halogens is 1. The van der Waals surface area contributed by atoms with Crippen LogP contribution in [0.5, 0.6) is 0 Å². The molecule has 0 aromatic heterocycles. The highest BCUT2D eigenvalue weighted by molar-refractivity contribution is 5.55. The Kier molecular flexibility index (Phi) is 3.12. The van der Waals surface area contributed by atoms with E-state index >= 15 is 0 Å². The van der Waals surface area contributed by atoms with Crippen molar-refractivity contribution in [2.45, 2.75) is 25.6 Å². The van der Waals surface area contributed by atoms with Gasteiger partial charge in [0.05, 0.1) is 12.2 Å². The van der Waals surface area contributed by atoms with Crippen molar-refractivity contribution in [2.75, 3.05) is 18.0 Å². The summed E-state index contributed by atoms with van der Waals surface area (Å²) in [6, 6.07) is 4.39. The minimum Gasteiger partial charge on any atom is -0.391 e. The first-order valence-electron chi connectivity index (χ1n) is 5.48. The maximum absolute atomic E-state index is 13.1. The van der Waals surface area contributed by atoms with Crippen LogP contribution in [0.15, 0.2) is 18.2 Å². The fourth-order valence-electron chi connectivity index (χ4n) is 2.11. The second-order valence-electron chi connectivity index (χ2n) is 4.27. The molecule has 1 aromatic carbocycles. The Bertz CT molecular complexity index is 381. The van der Waals surface area contributed by atoms with Crippen LogP contribution < -0.4 is 4.90 Å². The molecule has 16 heavy (non-hydrogen) atoms. The fraction of sp³-hybridized carbons (Fsp3) is 0.500. The molecule has 3 nitrogen and oxygen atoms in total. The number of hydrogen-bond donors (Lipinski definition) is 2. The summed E-state index contributed by atoms with van der Waals surface area (Å²) in [4.78, 5) is 1.98. The number of aliphatic hydroxyl groups is 2. The number of aliphatic hydroxyl groups excluding tert-OH is 2. The molecule has 0 amide bonds. The number of nitrogens with zero attached hydrogens (tertiary/aromatic N) is 1. The zero-order valence-electron chi connectivity index (χ0n) is 9.23. The highest BCUT2D eigenvalue weighted by atomic mass is 19.1. The quantitative estimate of drug-likeness (QED) is 0.800. The lowest BCUT2D eigenvalue weighted by molar-refractivity contribution is 0.196. The Morgan fingerprint density at radius 1 is 1.50 bits per heavy atom. The van der Waals surface area contributed by atoms with Crippen LogP contribution in [0.3, 0.4) is 0 Å². The molecule has 2 rings (SSSR count). The first-order valence-corrected chi connectivity index (χ1v) is 5.48. The molecule has 0 aliphatic carbocycles. The summed E-state index contributed by atoms with van der Waals surface area (Å²) in [5, 5.41) is 19.1. The molecular formula is C12H16FNO2. The highest BCUT2D eigenvalue weighted by Gasteiger charge is 2.23. The van der Waals surface area contributed by atoms with Gasteiger partial charge in [-0.1, -0.05) is 0 Å². The number of anilines is 1. The molecule has 2 N–H and O–H groups in total. The van der Waals surface area contributed by atoms with Gasteiger partial charge < -0.3 is 15.1 Å². The van der Waals surface area contributed by atoms with Crippen LogP contribution in [0, 0.1) is 5.82 Å². The first kappa shape index (κ1) is 11.4. The van der Waals surface area contributed by atoms with E-state index in [-0.39, 0.29) is 11.9 Å². The monoisotopic (exact) mass is 225 g/mol. The van der Waals surface area contributed by atoms with Crippen LogP contribution >= 0.6 is 0 Å². The highest BCUT2D eigenvalue weighted by Crippen LogP contribution is 2.29. The first-order chi connectivity index (χ1) is 7.58. The summed E-state index contributed by atoms with van der Waals surface area (Å²) in [6.45, 7) is 2.91. The van der Waals surface area contributed by atoms with Crippen molar-refractivity contribution < 1.29 is 14.6 Å². The molecule has 0 radical (unpaired) electrons. The molecule has 1 heterocycles. The maximum Gasteiger partial charge on any atom is 0.123 e. The zero-order chi connectivity index (χ0) is 11.7. The molecule has 1 aromatic rings. The summed E-state index contributed by atoms with van der Waals surface area (Å²) in [5.74, 6) is -0.348. The lowest BCUT2D eigenvalue weighted by atomic mass is 10.1. The minimum atomic E-state index is -0.705. The minimum absolute atomic E-state index is 0.327. The second kappa shape index (κ2) is 4.39. The average Bonchev–Trinajstić information content (AvgIpc) is 2.64. The van der Waals surface area contributed by atoms with E-state index in [4.69, 9.17) is 0 Å². The van der Waals surface area contributed by atoms with Crippen LogP contribution in [0.1, 0.15) is 25.0 Å². The zero-order valence-corrected chi connectivity index (χ0v) is 9.23. The van der Waals surface area contributed by atoms with Crippen LogP contribution in [-0.4, -0.2) is 29.4 Å². The number of rotatable bonds is 2. The van der Waals surface area contributed by atoms with Crippen molar-refractivity contribution in [3.63, 3.8) is 0 Å². The predicted octanol–water partition coefficient (Wildman–Crippen LogP) is 1.45. The lowest BCUT2D eigenvalue weighted by Gasteiger charge is -2.22. The summed E-state index contributed by atoms with van der Waals surface area (Å²) in [5.41, 5.74) is 1.39. The third kappa shape index (κ3) is 2.18. The van der Waals surface area contributed by atoms with E-state index in [1.165, 1.54) is 12.1 Å². The fourth-order valence-corrected chi connectivity index (χ4v) is 2.11. The average molecular weight is 225 g/mol. The Balaban J connectivity index is 2.32. The second-order valence-corrected chi connectivity index (χ2v) is 4.27. The standard InChI is InChI=1S/C12H16FNO2/c1-8(15)11-6-9(13)2-3-12(11)14-5-4-10(16)7-14/h2-3,6,8,10,15-16H,4-5,7H2,1H3/t8-,10?/m1/s1. The summed E-state index contributed by atoms with van der Waals surface area (Å²) in [7, 11) is 0. The van der Waals surface area contributed by atoms with Crippen LogP contribution in [0.25, 0.3) is 0 Å². The molecule has 0 bridgehead atoms. The molecule has 2 atom stereocenters. The van der Waals surface area contributed by atoms with E-state index in [9.17, 15) is 14.6 Å². The Morgan fingerprint density at radius 3 is 2.81 bits per heavy atom. The van der Waals surface area contributed by atoms with Gasteiger partial charge in [-0.2, -0.15) is 0 Å². The Morgan fingerprint density at radius 2 is 2.25 bits per heavy atom. The van der Waals surface area contributed by atoms with Crippen LogP contribution in [0.2, 0.25) is 0 Å². The van der Waals surface area contributed by atoms with Crippen molar-refractivity contribution in [2.24, 2.45) is 0 Å². The van der Waals surface area contributed by atoms with Gasteiger partial charge >= 0.3 is 0 Å². The maximum atomic E-state index is 13.1. The van der Waals surface area contributed by atoms with Crippen molar-refractivity contribution >= 4 is 5.69 Å². The molecule has 1 fully saturated rings. The van der Waals surface area contributed by atoms with Crippen LogP contribution in [-0.2, 0) is 0 Å². The van der Waals surface area contributed by atoms with Gasteiger partial charge in [-0.05, 0) is 31.5 Å². The van der Waals surface area contributed by atoms with Gasteiger partial charge in [-0.3, -0.25) is 0 Å². The lowest BCUT2D eigenvalue weighted by Crippen LogP contribution is -2.22. The van der Waals surface area contributed by atoms with Crippen molar-refractivity contribution in [3.05, 3.63) is 29.6 Å². The van der Waals surface area contributed by atoms with Crippen molar-refractivity contribution in [1.82, 2.24) is 0 Å². The van der Waals surface area contributed by atoms with E-state index in [1.54, 1.807) is 13.0 Å². The number of hydrogen-bond acceptors (Lipinski definition) is 3. The predicted molar refractivity (Wildman–Crippen MR) is 59.9 cm³/mol. The van der Waals surface area contributed by atoms with Crippen LogP contribution in [0.4, 0.5) is 10.1 Å². The van der Waals surface area contributed by atoms with E-state index in [0.717, 1.165) is 18.7 Å². The number of β-amino-alcohol motifs (C(OH)–C–C–N with tert-alkyl or cyclic N) is 1. The largest absolute Gasteiger partial charge is 0.391 e. The van der Waals surface area contributed by atoms with Gasteiger partial charge in [-0.25, -0.2) is 4.39 Å². The van der Waals surface area contributed by atoms with Gasteiger partial charge in [0.25, 0.3) is 0 Å². The Hall–Kier alpha value is -1.13. The van der Waals surface area contributed by atoms with Gasteiger partial charge in [0, 0.05) is 24.3 Å². The smallest absolute Gasteiger partial charge is 0.123 e. The summed E-state index contributed by atoms with van der Waals surface area (Å²) in [6.07, 6.45) is -0.313. The summed E-state index contributed by atoms with van der Waals surface area (Å²) >= 11 is 0. The van der Waals surface area contributed by atoms with E-state index < -0.39 is 6.10 Å². The normalized spacial score (nSPS) is 22.5. The third-order valence-electron chi connectivity index (χ3n) is 2.94. The van der Waals surface area contributed by atoms with Crippen molar-refractivity contribution in [1.29, 1.82) is 0 Å². The molecule has 0 saturated carbocycles. The van der Waals surface area contributed by atoms with Gasteiger partial charge in [-0.15, -0.1) is 0 Å². The van der Waals surface area contributed by atoms with Gasteiger partial charge in [0.1, 0.15) is 5.82 Å². The van der Waals surface area contributed by atoms with Crippen molar-refractivity contribution in [3.8, 4) is 0 Å². The molecule has 1 unspecified atom stereocenters. The Labute approximate surface area is 94.1 Å². The molecule has 88 valence electrons.